The minimum absolute atomic E-state index is 0.187. The number of amides is 2. The first-order chi connectivity index (χ1) is 10.4. The first-order valence-electron chi connectivity index (χ1n) is 7.42. The zero-order valence-electron chi connectivity index (χ0n) is 12.8. The van der Waals surface area contributed by atoms with Crippen molar-refractivity contribution >= 4 is 18.1 Å². The number of aliphatic carboxylic acids is 1. The maximum absolute atomic E-state index is 12.1. The molecule has 22 heavy (non-hydrogen) atoms. The molecule has 5 nitrogen and oxygen atoms in total. The van der Waals surface area contributed by atoms with Crippen LogP contribution in [0.1, 0.15) is 24.5 Å². The Labute approximate surface area is 130 Å². The summed E-state index contributed by atoms with van der Waals surface area (Å²) < 4.78 is 0. The molecule has 1 heterocycles. The van der Waals surface area contributed by atoms with E-state index in [0.717, 1.165) is 17.5 Å². The fraction of sp³-hybridized carbons (Fsp3) is 0.412. The molecular weight excluding hydrogens is 280 g/mol. The van der Waals surface area contributed by atoms with Crippen LogP contribution in [0.3, 0.4) is 0 Å². The van der Waals surface area contributed by atoms with Gasteiger partial charge in [0, 0.05) is 19.6 Å². The van der Waals surface area contributed by atoms with Crippen molar-refractivity contribution in [1.82, 2.24) is 10.2 Å². The molecule has 1 saturated heterocycles. The van der Waals surface area contributed by atoms with E-state index in [2.05, 4.69) is 11.9 Å². The van der Waals surface area contributed by atoms with Gasteiger partial charge in [-0.05, 0) is 30.9 Å². The molecule has 0 bridgehead atoms. The molecule has 1 aromatic rings. The fourth-order valence-electron chi connectivity index (χ4n) is 2.55. The molecule has 1 aromatic carbocycles. The number of carbonyl (C=O) groups excluding carboxylic acids is 1. The summed E-state index contributed by atoms with van der Waals surface area (Å²) in [5.41, 5.74) is 1.39. The van der Waals surface area contributed by atoms with Gasteiger partial charge < -0.3 is 15.3 Å². The number of carbonyl (C=O) groups is 2. The molecule has 2 rings (SSSR count). The molecule has 0 radical (unpaired) electrons. The van der Waals surface area contributed by atoms with Crippen LogP contribution in [0.2, 0.25) is 0 Å². The molecular formula is C17H22N2O3. The van der Waals surface area contributed by atoms with E-state index in [9.17, 15) is 14.7 Å². The van der Waals surface area contributed by atoms with Gasteiger partial charge >= 0.3 is 12.0 Å². The number of hydrogen-bond donors (Lipinski definition) is 2. The zero-order chi connectivity index (χ0) is 16.2. The average Bonchev–Trinajstić information content (AvgIpc) is 2.92. The molecule has 1 atom stereocenters. The van der Waals surface area contributed by atoms with E-state index in [0.29, 0.717) is 19.5 Å². The Morgan fingerprint density at radius 3 is 2.64 bits per heavy atom. The summed E-state index contributed by atoms with van der Waals surface area (Å²) in [7, 11) is 0. The number of carboxylic acids is 1. The third-order valence-electron chi connectivity index (χ3n) is 4.18. The second-order valence-corrected chi connectivity index (χ2v) is 5.97. The number of rotatable bonds is 5. The maximum atomic E-state index is 12.1. The number of nitrogens with one attached hydrogen (secondary N) is 1. The molecule has 1 unspecified atom stereocenters. The van der Waals surface area contributed by atoms with Crippen LogP contribution >= 0.6 is 0 Å². The van der Waals surface area contributed by atoms with E-state index < -0.39 is 11.4 Å². The quantitative estimate of drug-likeness (QED) is 0.877. The lowest BCUT2D eigenvalue weighted by atomic mass is 9.90. The fourth-order valence-corrected chi connectivity index (χ4v) is 2.55. The highest BCUT2D eigenvalue weighted by atomic mass is 16.4. The van der Waals surface area contributed by atoms with E-state index in [4.69, 9.17) is 0 Å². The maximum Gasteiger partial charge on any atom is 0.317 e. The predicted molar refractivity (Wildman–Crippen MR) is 85.6 cm³/mol. The van der Waals surface area contributed by atoms with Crippen molar-refractivity contribution in [3.05, 3.63) is 42.0 Å². The molecule has 0 aliphatic carbocycles. The number of urea groups is 1. The van der Waals surface area contributed by atoms with Crippen molar-refractivity contribution in [2.45, 2.75) is 19.8 Å². The van der Waals surface area contributed by atoms with Gasteiger partial charge in [0.05, 0.1) is 5.41 Å². The van der Waals surface area contributed by atoms with Gasteiger partial charge in [-0.2, -0.15) is 0 Å². The highest BCUT2D eigenvalue weighted by molar-refractivity contribution is 5.79. The molecule has 1 aliphatic heterocycles. The van der Waals surface area contributed by atoms with Gasteiger partial charge in [-0.15, -0.1) is 0 Å². The molecule has 5 heteroatoms. The number of nitrogens with zero attached hydrogens (tertiary/aromatic N) is 1. The second kappa shape index (κ2) is 6.64. The van der Waals surface area contributed by atoms with Gasteiger partial charge in [0.1, 0.15) is 0 Å². The van der Waals surface area contributed by atoms with Gasteiger partial charge in [0.15, 0.2) is 0 Å². The predicted octanol–water partition coefficient (Wildman–Crippen LogP) is 2.38. The van der Waals surface area contributed by atoms with E-state index in [1.165, 1.54) is 0 Å². The van der Waals surface area contributed by atoms with Crippen LogP contribution in [0.5, 0.6) is 0 Å². The molecule has 2 amide bonds. The molecule has 118 valence electrons. The van der Waals surface area contributed by atoms with Crippen LogP contribution in [-0.2, 0) is 11.2 Å². The standard InChI is InChI=1S/C17H22N2O3/c1-3-13-4-6-14(7-5-13)8-10-18-16(22)19-11-9-17(2,12-19)15(20)21/h3-7H,1,8-12H2,2H3,(H,18,22)(H,20,21). The SMILES string of the molecule is C=Cc1ccc(CCNC(=O)N2CCC(C)(C(=O)O)C2)cc1. The number of benzene rings is 1. The lowest BCUT2D eigenvalue weighted by molar-refractivity contribution is -0.146. The Bertz CT molecular complexity index is 568. The van der Waals surface area contributed by atoms with E-state index >= 15 is 0 Å². The molecule has 0 saturated carbocycles. The smallest absolute Gasteiger partial charge is 0.317 e. The lowest BCUT2D eigenvalue weighted by Crippen LogP contribution is -2.41. The summed E-state index contributed by atoms with van der Waals surface area (Å²) in [6.07, 6.45) is 3.03. The minimum atomic E-state index is -0.842. The molecule has 0 spiro atoms. The van der Waals surface area contributed by atoms with Gasteiger partial charge in [-0.1, -0.05) is 36.9 Å². The van der Waals surface area contributed by atoms with E-state index in [1.54, 1.807) is 17.9 Å². The highest BCUT2D eigenvalue weighted by Crippen LogP contribution is 2.29. The topological polar surface area (TPSA) is 69.6 Å². The summed E-state index contributed by atoms with van der Waals surface area (Å²) in [5, 5.41) is 12.0. The first-order valence-corrected chi connectivity index (χ1v) is 7.42. The van der Waals surface area contributed by atoms with Crippen molar-refractivity contribution in [3.8, 4) is 0 Å². The van der Waals surface area contributed by atoms with Gasteiger partial charge in [-0.3, -0.25) is 4.79 Å². The van der Waals surface area contributed by atoms with Crippen LogP contribution in [0.25, 0.3) is 6.08 Å². The summed E-state index contributed by atoms with van der Waals surface area (Å²) in [5.74, 6) is -0.842. The Morgan fingerprint density at radius 2 is 2.09 bits per heavy atom. The van der Waals surface area contributed by atoms with Crippen molar-refractivity contribution in [1.29, 1.82) is 0 Å². The second-order valence-electron chi connectivity index (χ2n) is 5.97. The molecule has 1 aliphatic rings. The number of carboxylic acid groups (broad SMARTS) is 1. The van der Waals surface area contributed by atoms with E-state index in [1.807, 2.05) is 24.3 Å². The monoisotopic (exact) mass is 302 g/mol. The van der Waals surface area contributed by atoms with Crippen molar-refractivity contribution < 1.29 is 14.7 Å². The molecule has 0 aromatic heterocycles. The summed E-state index contributed by atoms with van der Waals surface area (Å²) in [6, 6.07) is 7.82. The Hall–Kier alpha value is -2.30. The average molecular weight is 302 g/mol. The number of hydrogen-bond acceptors (Lipinski definition) is 2. The van der Waals surface area contributed by atoms with Gasteiger partial charge in [0.25, 0.3) is 0 Å². The normalized spacial score (nSPS) is 20.7. The number of likely N-dealkylation sites (tertiary alicyclic amines) is 1. The van der Waals surface area contributed by atoms with Crippen LogP contribution in [0, 0.1) is 5.41 Å². The van der Waals surface area contributed by atoms with Crippen LogP contribution in [-0.4, -0.2) is 41.6 Å². The Morgan fingerprint density at radius 1 is 1.41 bits per heavy atom. The van der Waals surface area contributed by atoms with Gasteiger partial charge in [0.2, 0.25) is 0 Å². The van der Waals surface area contributed by atoms with Crippen molar-refractivity contribution in [3.63, 3.8) is 0 Å². The third kappa shape index (κ3) is 3.67. The summed E-state index contributed by atoms with van der Waals surface area (Å²) >= 11 is 0. The highest BCUT2D eigenvalue weighted by Gasteiger charge is 2.42. The summed E-state index contributed by atoms with van der Waals surface area (Å²) in [4.78, 5) is 24.8. The van der Waals surface area contributed by atoms with Crippen molar-refractivity contribution in [2.75, 3.05) is 19.6 Å². The molecule has 1 fully saturated rings. The lowest BCUT2D eigenvalue weighted by Gasteiger charge is -2.20. The minimum Gasteiger partial charge on any atom is -0.481 e. The van der Waals surface area contributed by atoms with Crippen LogP contribution in [0.4, 0.5) is 4.79 Å². The molecule has 2 N–H and O–H groups in total. The van der Waals surface area contributed by atoms with Crippen LogP contribution in [0.15, 0.2) is 30.8 Å². The van der Waals surface area contributed by atoms with Gasteiger partial charge in [-0.25, -0.2) is 4.79 Å². The summed E-state index contributed by atoms with van der Waals surface area (Å²) in [6.45, 7) is 6.68. The largest absolute Gasteiger partial charge is 0.481 e. The Kier molecular flexibility index (Phi) is 4.85. The Balaban J connectivity index is 1.78. The third-order valence-corrected chi connectivity index (χ3v) is 4.18. The van der Waals surface area contributed by atoms with Crippen LogP contribution < -0.4 is 5.32 Å². The zero-order valence-corrected chi connectivity index (χ0v) is 12.8. The van der Waals surface area contributed by atoms with E-state index in [-0.39, 0.29) is 12.6 Å². The van der Waals surface area contributed by atoms with Crippen molar-refractivity contribution in [2.24, 2.45) is 5.41 Å². The first kappa shape index (κ1) is 16.1.